The number of aromatic nitrogens is 5. The highest BCUT2D eigenvalue weighted by atomic mass is 16.5. The third kappa shape index (κ3) is 4.41. The highest BCUT2D eigenvalue weighted by Gasteiger charge is 2.20. The first kappa shape index (κ1) is 21.4. The first-order valence-corrected chi connectivity index (χ1v) is 10.3. The Balaban J connectivity index is 1.59. The Labute approximate surface area is 186 Å². The number of nitrogens with zero attached hydrogens (tertiary/aromatic N) is 5. The highest BCUT2D eigenvalue weighted by Crippen LogP contribution is 2.30. The maximum absolute atomic E-state index is 11.3. The Bertz CT molecular complexity index is 1300. The zero-order valence-electron chi connectivity index (χ0n) is 19.1. The Hall–Kier alpha value is -3.88. The third-order valence-electron chi connectivity index (χ3n) is 5.01. The molecule has 4 aromatic rings. The van der Waals surface area contributed by atoms with Gasteiger partial charge in [0.1, 0.15) is 23.1 Å². The van der Waals surface area contributed by atoms with Crippen LogP contribution in [0, 0.1) is 0 Å². The van der Waals surface area contributed by atoms with Crippen LogP contribution < -0.4 is 15.4 Å². The molecule has 0 aliphatic carbocycles. The minimum atomic E-state index is -0.186. The van der Waals surface area contributed by atoms with Gasteiger partial charge in [-0.3, -0.25) is 9.48 Å². The molecule has 0 fully saturated rings. The van der Waals surface area contributed by atoms with Crippen LogP contribution in [0.2, 0.25) is 0 Å². The molecule has 0 spiro atoms. The van der Waals surface area contributed by atoms with E-state index in [2.05, 4.69) is 41.5 Å². The summed E-state index contributed by atoms with van der Waals surface area (Å²) in [7, 11) is 3.86. The second-order valence-electron chi connectivity index (χ2n) is 8.72. The number of fused-ring (bicyclic) bond motifs is 1. The van der Waals surface area contributed by atoms with Crippen molar-refractivity contribution in [2.75, 3.05) is 10.6 Å². The molecular formula is C23H27N7O2. The molecule has 0 aliphatic heterocycles. The van der Waals surface area contributed by atoms with E-state index < -0.39 is 0 Å². The van der Waals surface area contributed by atoms with Crippen LogP contribution in [0.1, 0.15) is 33.4 Å². The molecule has 1 aromatic carbocycles. The number of aryl methyl sites for hydroxylation is 2. The van der Waals surface area contributed by atoms with Gasteiger partial charge in [-0.2, -0.15) is 5.10 Å². The second kappa shape index (κ2) is 7.99. The molecule has 0 bridgehead atoms. The summed E-state index contributed by atoms with van der Waals surface area (Å²) in [6, 6.07) is 11.2. The van der Waals surface area contributed by atoms with Crippen LogP contribution in [-0.2, 0) is 24.3 Å². The average Bonchev–Trinajstić information content (AvgIpc) is 3.22. The topological polar surface area (TPSA) is 98.9 Å². The summed E-state index contributed by atoms with van der Waals surface area (Å²) in [6.45, 7) is 7.85. The van der Waals surface area contributed by atoms with Crippen molar-refractivity contribution in [2.24, 2.45) is 14.1 Å². The molecule has 0 saturated carbocycles. The summed E-state index contributed by atoms with van der Waals surface area (Å²) < 4.78 is 9.78. The molecule has 9 heteroatoms. The number of pyridine rings is 1. The summed E-state index contributed by atoms with van der Waals surface area (Å²) in [6.07, 6.45) is 1.59. The first-order valence-electron chi connectivity index (χ1n) is 10.3. The van der Waals surface area contributed by atoms with Crippen LogP contribution in [0.5, 0.6) is 11.5 Å². The van der Waals surface area contributed by atoms with E-state index in [0.717, 1.165) is 22.5 Å². The molecule has 0 atom stereocenters. The SMILES string of the molecule is CC(=O)Nc1cc(Oc2ccc3nc(Nc4cc(C(C)(C)C)nn4C)n(C)c3c2)ccn1. The fourth-order valence-electron chi connectivity index (χ4n) is 3.27. The van der Waals surface area contributed by atoms with Crippen LogP contribution in [-0.4, -0.2) is 30.2 Å². The monoisotopic (exact) mass is 433 g/mol. The normalized spacial score (nSPS) is 11.6. The van der Waals surface area contributed by atoms with Crippen molar-refractivity contribution in [3.05, 3.63) is 48.3 Å². The van der Waals surface area contributed by atoms with Gasteiger partial charge in [0.15, 0.2) is 0 Å². The van der Waals surface area contributed by atoms with Gasteiger partial charge in [-0.15, -0.1) is 0 Å². The number of rotatable bonds is 5. The largest absolute Gasteiger partial charge is 0.457 e. The third-order valence-corrected chi connectivity index (χ3v) is 5.01. The van der Waals surface area contributed by atoms with E-state index in [0.29, 0.717) is 23.3 Å². The number of hydrogen-bond acceptors (Lipinski definition) is 6. The lowest BCUT2D eigenvalue weighted by Gasteiger charge is -2.13. The van der Waals surface area contributed by atoms with Crippen molar-refractivity contribution in [3.8, 4) is 11.5 Å². The van der Waals surface area contributed by atoms with Gasteiger partial charge in [0, 0.05) is 50.8 Å². The lowest BCUT2D eigenvalue weighted by atomic mass is 9.92. The molecule has 0 aliphatic rings. The number of hydrogen-bond donors (Lipinski definition) is 2. The lowest BCUT2D eigenvalue weighted by molar-refractivity contribution is -0.114. The van der Waals surface area contributed by atoms with Crippen molar-refractivity contribution in [1.29, 1.82) is 0 Å². The quantitative estimate of drug-likeness (QED) is 0.481. The van der Waals surface area contributed by atoms with E-state index in [-0.39, 0.29) is 11.3 Å². The number of carbonyl (C=O) groups is 1. The summed E-state index contributed by atoms with van der Waals surface area (Å²) in [5.74, 6) is 3.06. The maximum Gasteiger partial charge on any atom is 0.222 e. The number of ether oxygens (including phenoxy) is 1. The number of anilines is 3. The molecule has 3 aromatic heterocycles. The number of carbonyl (C=O) groups excluding carboxylic acids is 1. The van der Waals surface area contributed by atoms with Crippen molar-refractivity contribution in [2.45, 2.75) is 33.1 Å². The molecule has 166 valence electrons. The van der Waals surface area contributed by atoms with Gasteiger partial charge >= 0.3 is 0 Å². The van der Waals surface area contributed by atoms with Crippen LogP contribution >= 0.6 is 0 Å². The van der Waals surface area contributed by atoms with E-state index in [4.69, 9.17) is 9.72 Å². The Morgan fingerprint density at radius 3 is 2.50 bits per heavy atom. The zero-order valence-corrected chi connectivity index (χ0v) is 19.1. The maximum atomic E-state index is 11.3. The van der Waals surface area contributed by atoms with Gasteiger partial charge < -0.3 is 19.9 Å². The molecule has 4 rings (SSSR count). The highest BCUT2D eigenvalue weighted by molar-refractivity contribution is 5.87. The van der Waals surface area contributed by atoms with E-state index >= 15 is 0 Å². The molecule has 0 saturated heterocycles. The summed E-state index contributed by atoms with van der Waals surface area (Å²) in [4.78, 5) is 20.1. The van der Waals surface area contributed by atoms with Crippen molar-refractivity contribution >= 4 is 34.5 Å². The van der Waals surface area contributed by atoms with E-state index in [9.17, 15) is 4.79 Å². The molecule has 0 unspecified atom stereocenters. The van der Waals surface area contributed by atoms with E-state index in [1.807, 2.05) is 47.6 Å². The molecule has 1 amide bonds. The van der Waals surface area contributed by atoms with E-state index in [1.165, 1.54) is 6.92 Å². The van der Waals surface area contributed by atoms with Crippen LogP contribution in [0.4, 0.5) is 17.6 Å². The molecule has 9 nitrogen and oxygen atoms in total. The Morgan fingerprint density at radius 1 is 1.06 bits per heavy atom. The smallest absolute Gasteiger partial charge is 0.222 e. The minimum absolute atomic E-state index is 0.0386. The number of nitrogens with one attached hydrogen (secondary N) is 2. The second-order valence-corrected chi connectivity index (χ2v) is 8.72. The number of benzene rings is 1. The summed E-state index contributed by atoms with van der Waals surface area (Å²) in [5.41, 5.74) is 2.73. The first-order chi connectivity index (χ1) is 15.1. The van der Waals surface area contributed by atoms with Gasteiger partial charge in [-0.1, -0.05) is 20.8 Å². The Kier molecular flexibility index (Phi) is 5.33. The van der Waals surface area contributed by atoms with E-state index in [1.54, 1.807) is 18.3 Å². The van der Waals surface area contributed by atoms with Crippen LogP contribution in [0.15, 0.2) is 42.6 Å². The van der Waals surface area contributed by atoms with Gasteiger partial charge in [0.2, 0.25) is 11.9 Å². The van der Waals surface area contributed by atoms with Crippen molar-refractivity contribution in [3.63, 3.8) is 0 Å². The predicted molar refractivity (Wildman–Crippen MR) is 125 cm³/mol. The molecule has 2 N–H and O–H groups in total. The van der Waals surface area contributed by atoms with Crippen molar-refractivity contribution < 1.29 is 9.53 Å². The molecule has 32 heavy (non-hydrogen) atoms. The van der Waals surface area contributed by atoms with Gasteiger partial charge in [0.25, 0.3) is 0 Å². The van der Waals surface area contributed by atoms with Gasteiger partial charge in [-0.25, -0.2) is 9.97 Å². The fraction of sp³-hybridized carbons (Fsp3) is 0.304. The fourth-order valence-corrected chi connectivity index (χ4v) is 3.27. The summed E-state index contributed by atoms with van der Waals surface area (Å²) >= 11 is 0. The molecule has 0 radical (unpaired) electrons. The average molecular weight is 434 g/mol. The predicted octanol–water partition coefficient (Wildman–Crippen LogP) is 4.49. The molecular weight excluding hydrogens is 406 g/mol. The van der Waals surface area contributed by atoms with Crippen LogP contribution in [0.25, 0.3) is 11.0 Å². The zero-order chi connectivity index (χ0) is 23.0. The number of amides is 1. The standard InChI is InChI=1S/C23H27N7O2/c1-14(31)25-20-12-16(9-10-24-20)32-15-7-8-17-18(11-15)29(5)22(26-17)27-21-13-19(23(2,3)4)28-30(21)6/h7-13H,1-6H3,(H,26,27)(H,24,25,31). The minimum Gasteiger partial charge on any atom is -0.457 e. The van der Waals surface area contributed by atoms with Gasteiger partial charge in [-0.05, 0) is 18.2 Å². The van der Waals surface area contributed by atoms with Gasteiger partial charge in [0.05, 0.1) is 16.7 Å². The number of imidazole rings is 1. The van der Waals surface area contributed by atoms with Crippen molar-refractivity contribution in [1.82, 2.24) is 24.3 Å². The Morgan fingerprint density at radius 2 is 1.81 bits per heavy atom. The summed E-state index contributed by atoms with van der Waals surface area (Å²) in [5, 5.41) is 10.6. The lowest BCUT2D eigenvalue weighted by Crippen LogP contribution is -2.12. The van der Waals surface area contributed by atoms with Crippen LogP contribution in [0.3, 0.4) is 0 Å². The molecule has 3 heterocycles.